The number of sulfonamides is 1. The van der Waals surface area contributed by atoms with Crippen molar-refractivity contribution >= 4 is 27.3 Å². The first-order valence-corrected chi connectivity index (χ1v) is 10.2. The highest BCUT2D eigenvalue weighted by molar-refractivity contribution is 7.92. The van der Waals surface area contributed by atoms with Crippen LogP contribution in [0.25, 0.3) is 0 Å². The lowest BCUT2D eigenvalue weighted by Gasteiger charge is -2.11. The van der Waals surface area contributed by atoms with Crippen molar-refractivity contribution in [1.29, 1.82) is 0 Å². The highest BCUT2D eigenvalue weighted by Crippen LogP contribution is 2.20. The van der Waals surface area contributed by atoms with E-state index in [1.807, 2.05) is 19.9 Å². The molecule has 0 fully saturated rings. The third-order valence-electron chi connectivity index (χ3n) is 4.30. The van der Waals surface area contributed by atoms with E-state index in [4.69, 9.17) is 0 Å². The molecule has 9 heteroatoms. The second-order valence-corrected chi connectivity index (χ2v) is 8.19. The Hall–Kier alpha value is -3.46. The zero-order valence-electron chi connectivity index (χ0n) is 15.9. The maximum absolute atomic E-state index is 12.6. The monoisotopic (exact) mass is 412 g/mol. The van der Waals surface area contributed by atoms with E-state index in [-0.39, 0.29) is 11.4 Å². The summed E-state index contributed by atoms with van der Waals surface area (Å²) in [6.45, 7) is 3.66. The highest BCUT2D eigenvalue weighted by atomic mass is 32.2. The van der Waals surface area contributed by atoms with Gasteiger partial charge in [0.25, 0.3) is 10.0 Å². The van der Waals surface area contributed by atoms with Crippen molar-refractivity contribution in [2.45, 2.75) is 25.3 Å². The molecule has 0 atom stereocenters. The van der Waals surface area contributed by atoms with E-state index in [1.165, 1.54) is 41.2 Å². The number of carbonyl (C=O) groups excluding carboxylic acids is 1. The Morgan fingerprint density at radius 2 is 1.72 bits per heavy atom. The SMILES string of the molecule is Cc1ccc(NS(=O)(=O)c2ccc(NC(=O)Cn3cccnc3=O)cc2)cc1C. The number of carbonyl (C=O) groups is 1. The van der Waals surface area contributed by atoms with Gasteiger partial charge in [-0.05, 0) is 67.4 Å². The van der Waals surface area contributed by atoms with Crippen LogP contribution in [0.15, 0.2) is 70.6 Å². The molecule has 8 nitrogen and oxygen atoms in total. The van der Waals surface area contributed by atoms with E-state index < -0.39 is 21.6 Å². The summed E-state index contributed by atoms with van der Waals surface area (Å²) < 4.78 is 28.8. The first-order valence-electron chi connectivity index (χ1n) is 8.76. The Morgan fingerprint density at radius 3 is 2.38 bits per heavy atom. The molecule has 0 saturated heterocycles. The normalized spacial score (nSPS) is 11.1. The van der Waals surface area contributed by atoms with Crippen LogP contribution < -0.4 is 15.7 Å². The topological polar surface area (TPSA) is 110 Å². The van der Waals surface area contributed by atoms with Crippen LogP contribution in [-0.2, 0) is 21.4 Å². The Balaban J connectivity index is 1.68. The molecule has 3 rings (SSSR count). The van der Waals surface area contributed by atoms with Gasteiger partial charge in [-0.15, -0.1) is 0 Å². The average Bonchev–Trinajstić information content (AvgIpc) is 2.67. The molecule has 2 N–H and O–H groups in total. The van der Waals surface area contributed by atoms with Crippen molar-refractivity contribution in [1.82, 2.24) is 9.55 Å². The summed E-state index contributed by atoms with van der Waals surface area (Å²) in [6, 6.07) is 12.6. The minimum Gasteiger partial charge on any atom is -0.325 e. The van der Waals surface area contributed by atoms with Gasteiger partial charge in [-0.3, -0.25) is 14.1 Å². The van der Waals surface area contributed by atoms with Crippen LogP contribution >= 0.6 is 0 Å². The summed E-state index contributed by atoms with van der Waals surface area (Å²) in [7, 11) is -3.76. The predicted molar refractivity (Wildman–Crippen MR) is 110 cm³/mol. The Kier molecular flexibility index (Phi) is 5.79. The summed E-state index contributed by atoms with van der Waals surface area (Å²) in [5, 5.41) is 2.62. The largest absolute Gasteiger partial charge is 0.347 e. The first kappa shape index (κ1) is 20.3. The van der Waals surface area contributed by atoms with Crippen LogP contribution in [0.3, 0.4) is 0 Å². The third kappa shape index (κ3) is 5.08. The Morgan fingerprint density at radius 1 is 1.03 bits per heavy atom. The van der Waals surface area contributed by atoms with E-state index in [2.05, 4.69) is 15.0 Å². The molecule has 1 heterocycles. The van der Waals surface area contributed by atoms with E-state index >= 15 is 0 Å². The molecular formula is C20H20N4O4S. The zero-order valence-corrected chi connectivity index (χ0v) is 16.7. The number of hydrogen-bond acceptors (Lipinski definition) is 5. The first-order chi connectivity index (χ1) is 13.7. The number of benzene rings is 2. The van der Waals surface area contributed by atoms with Crippen LogP contribution in [0.1, 0.15) is 11.1 Å². The highest BCUT2D eigenvalue weighted by Gasteiger charge is 2.15. The summed E-state index contributed by atoms with van der Waals surface area (Å²) >= 11 is 0. The fourth-order valence-electron chi connectivity index (χ4n) is 2.60. The van der Waals surface area contributed by atoms with E-state index in [9.17, 15) is 18.0 Å². The predicted octanol–water partition coefficient (Wildman–Crippen LogP) is 2.30. The van der Waals surface area contributed by atoms with E-state index in [0.717, 1.165) is 11.1 Å². The molecule has 2 aromatic carbocycles. The number of aromatic nitrogens is 2. The quantitative estimate of drug-likeness (QED) is 0.646. The minimum atomic E-state index is -3.76. The summed E-state index contributed by atoms with van der Waals surface area (Å²) in [5.74, 6) is -0.427. The van der Waals surface area contributed by atoms with Gasteiger partial charge in [-0.25, -0.2) is 18.2 Å². The fraction of sp³-hybridized carbons (Fsp3) is 0.150. The van der Waals surface area contributed by atoms with Gasteiger partial charge >= 0.3 is 5.69 Å². The summed E-state index contributed by atoms with van der Waals surface area (Å²) in [5.41, 5.74) is 2.42. The molecule has 0 aliphatic carbocycles. The Labute approximate surface area is 168 Å². The van der Waals surface area contributed by atoms with Gasteiger partial charge in [-0.2, -0.15) is 0 Å². The number of rotatable bonds is 6. The molecule has 1 aromatic heterocycles. The van der Waals surface area contributed by atoms with Crippen molar-refractivity contribution < 1.29 is 13.2 Å². The minimum absolute atomic E-state index is 0.0669. The van der Waals surface area contributed by atoms with Crippen LogP contribution in [0, 0.1) is 13.8 Å². The Bertz CT molecular complexity index is 1200. The molecule has 0 bridgehead atoms. The maximum atomic E-state index is 12.6. The van der Waals surface area contributed by atoms with Gasteiger partial charge in [-0.1, -0.05) is 6.07 Å². The summed E-state index contributed by atoms with van der Waals surface area (Å²) in [4.78, 5) is 27.3. The number of aryl methyl sites for hydroxylation is 2. The number of anilines is 2. The van der Waals surface area contributed by atoms with Gasteiger partial charge in [0.2, 0.25) is 5.91 Å². The second kappa shape index (κ2) is 8.27. The zero-order chi connectivity index (χ0) is 21.0. The van der Waals surface area contributed by atoms with Crippen molar-refractivity contribution in [2.75, 3.05) is 10.0 Å². The van der Waals surface area contributed by atoms with Gasteiger partial charge in [0.05, 0.1) is 4.90 Å². The molecule has 0 spiro atoms. The van der Waals surface area contributed by atoms with Crippen LogP contribution in [-0.4, -0.2) is 23.9 Å². The van der Waals surface area contributed by atoms with Gasteiger partial charge in [0.1, 0.15) is 6.54 Å². The molecular weight excluding hydrogens is 392 g/mol. The van der Waals surface area contributed by atoms with Gasteiger partial charge in [0.15, 0.2) is 0 Å². The molecule has 3 aromatic rings. The number of amides is 1. The van der Waals surface area contributed by atoms with Crippen molar-refractivity contribution in [3.8, 4) is 0 Å². The number of nitrogens with zero attached hydrogens (tertiary/aromatic N) is 2. The molecule has 0 unspecified atom stereocenters. The van der Waals surface area contributed by atoms with Gasteiger partial charge < -0.3 is 5.32 Å². The third-order valence-corrected chi connectivity index (χ3v) is 5.70. The van der Waals surface area contributed by atoms with Crippen molar-refractivity contribution in [3.05, 3.63) is 82.5 Å². The van der Waals surface area contributed by atoms with E-state index in [0.29, 0.717) is 11.4 Å². The summed E-state index contributed by atoms with van der Waals surface area (Å²) in [6.07, 6.45) is 2.81. The van der Waals surface area contributed by atoms with E-state index in [1.54, 1.807) is 18.2 Å². The van der Waals surface area contributed by atoms with Crippen LogP contribution in [0.4, 0.5) is 11.4 Å². The van der Waals surface area contributed by atoms with Crippen LogP contribution in [0.2, 0.25) is 0 Å². The lowest BCUT2D eigenvalue weighted by Crippen LogP contribution is -2.28. The number of hydrogen-bond donors (Lipinski definition) is 2. The van der Waals surface area contributed by atoms with Crippen LogP contribution in [0.5, 0.6) is 0 Å². The molecule has 29 heavy (non-hydrogen) atoms. The molecule has 0 saturated carbocycles. The number of nitrogens with one attached hydrogen (secondary N) is 2. The second-order valence-electron chi connectivity index (χ2n) is 6.51. The van der Waals surface area contributed by atoms with Gasteiger partial charge in [0, 0.05) is 23.8 Å². The average molecular weight is 412 g/mol. The van der Waals surface area contributed by atoms with Crippen molar-refractivity contribution in [2.24, 2.45) is 0 Å². The van der Waals surface area contributed by atoms with Crippen molar-refractivity contribution in [3.63, 3.8) is 0 Å². The smallest absolute Gasteiger partial charge is 0.325 e. The fourth-order valence-corrected chi connectivity index (χ4v) is 3.65. The lowest BCUT2D eigenvalue weighted by atomic mass is 10.1. The standard InChI is InChI=1S/C20H20N4O4S/c1-14-4-5-17(12-15(14)2)23-29(27,28)18-8-6-16(7-9-18)22-19(25)13-24-11-3-10-21-20(24)26/h3-12,23H,13H2,1-2H3,(H,22,25). The molecule has 0 radical (unpaired) electrons. The molecule has 150 valence electrons. The molecule has 1 amide bonds. The maximum Gasteiger partial charge on any atom is 0.347 e. The molecule has 0 aliphatic heterocycles. The molecule has 0 aliphatic rings. The lowest BCUT2D eigenvalue weighted by molar-refractivity contribution is -0.116.